The van der Waals surface area contributed by atoms with Crippen LogP contribution in [-0.4, -0.2) is 9.97 Å². The number of nitriles is 1. The Morgan fingerprint density at radius 3 is 3.00 bits per heavy atom. The second-order valence-electron chi connectivity index (χ2n) is 3.65. The zero-order valence-electron chi connectivity index (χ0n) is 9.29. The molecule has 0 aliphatic rings. The summed E-state index contributed by atoms with van der Waals surface area (Å²) in [5.41, 5.74) is 1.82. The number of hydrogen-bond acceptors (Lipinski definition) is 3. The number of nitrogens with one attached hydrogen (secondary N) is 2. The third-order valence-corrected chi connectivity index (χ3v) is 2.33. The van der Waals surface area contributed by atoms with Crippen molar-refractivity contribution in [1.29, 1.82) is 5.26 Å². The first-order chi connectivity index (χ1) is 8.19. The van der Waals surface area contributed by atoms with Crippen LogP contribution in [0.15, 0.2) is 24.4 Å². The highest BCUT2D eigenvalue weighted by molar-refractivity contribution is 5.57. The van der Waals surface area contributed by atoms with Crippen molar-refractivity contribution in [3.05, 3.63) is 47.3 Å². The fourth-order valence-electron chi connectivity index (χ4n) is 1.52. The minimum atomic E-state index is -0.413. The van der Waals surface area contributed by atoms with Gasteiger partial charge in [-0.3, -0.25) is 0 Å². The van der Waals surface area contributed by atoms with Gasteiger partial charge in [-0.25, -0.2) is 9.37 Å². The molecule has 0 bridgehead atoms. The van der Waals surface area contributed by atoms with Gasteiger partial charge >= 0.3 is 0 Å². The Morgan fingerprint density at radius 1 is 1.53 bits per heavy atom. The van der Waals surface area contributed by atoms with Crippen molar-refractivity contribution in [3.63, 3.8) is 0 Å². The number of hydrogen-bond donors (Lipinski definition) is 2. The van der Waals surface area contributed by atoms with Crippen molar-refractivity contribution < 1.29 is 4.39 Å². The van der Waals surface area contributed by atoms with Crippen molar-refractivity contribution >= 4 is 5.69 Å². The van der Waals surface area contributed by atoms with E-state index in [1.54, 1.807) is 12.3 Å². The molecule has 0 saturated heterocycles. The molecular weight excluding hydrogens is 219 g/mol. The molecule has 2 N–H and O–H groups in total. The number of imidazole rings is 1. The molecule has 4 nitrogen and oxygen atoms in total. The summed E-state index contributed by atoms with van der Waals surface area (Å²) in [5.74, 6) is 0.422. The zero-order valence-corrected chi connectivity index (χ0v) is 9.29. The molecule has 5 heteroatoms. The quantitative estimate of drug-likeness (QED) is 0.850. The summed E-state index contributed by atoms with van der Waals surface area (Å²) < 4.78 is 12.9. The van der Waals surface area contributed by atoms with Crippen LogP contribution in [0, 0.1) is 24.1 Å². The topological polar surface area (TPSA) is 64.5 Å². The van der Waals surface area contributed by atoms with Gasteiger partial charge < -0.3 is 10.3 Å². The Bertz CT molecular complexity index is 568. The van der Waals surface area contributed by atoms with Crippen molar-refractivity contribution in [3.8, 4) is 6.07 Å². The second kappa shape index (κ2) is 4.66. The van der Waals surface area contributed by atoms with Crippen molar-refractivity contribution in [2.24, 2.45) is 0 Å². The summed E-state index contributed by atoms with van der Waals surface area (Å²) in [6.45, 7) is 2.38. The number of aromatic amines is 1. The fraction of sp³-hybridized carbons (Fsp3) is 0.167. The lowest BCUT2D eigenvalue weighted by Crippen LogP contribution is -2.02. The minimum Gasteiger partial charge on any atom is -0.378 e. The van der Waals surface area contributed by atoms with E-state index in [-0.39, 0.29) is 0 Å². The predicted molar refractivity (Wildman–Crippen MR) is 61.8 cm³/mol. The summed E-state index contributed by atoms with van der Waals surface area (Å²) in [6.07, 6.45) is 1.72. The highest BCUT2D eigenvalue weighted by Gasteiger charge is 2.04. The molecule has 2 aromatic rings. The van der Waals surface area contributed by atoms with E-state index in [4.69, 9.17) is 5.26 Å². The van der Waals surface area contributed by atoms with Crippen LogP contribution in [0.4, 0.5) is 10.1 Å². The molecule has 0 spiro atoms. The summed E-state index contributed by atoms with van der Waals surface area (Å²) in [6, 6.07) is 6.03. The normalized spacial score (nSPS) is 9.94. The van der Waals surface area contributed by atoms with Gasteiger partial charge in [0.2, 0.25) is 0 Å². The van der Waals surface area contributed by atoms with Gasteiger partial charge in [0.25, 0.3) is 0 Å². The first kappa shape index (κ1) is 11.1. The van der Waals surface area contributed by atoms with E-state index in [2.05, 4.69) is 15.3 Å². The molecule has 0 aliphatic carbocycles. The van der Waals surface area contributed by atoms with E-state index in [0.717, 1.165) is 11.5 Å². The number of nitrogens with zero attached hydrogens (tertiary/aromatic N) is 2. The molecule has 0 aliphatic heterocycles. The standard InChI is InChI=1S/C12H11FN4/c1-8-15-6-11(17-8)7-16-12-3-2-10(13)4-9(12)5-14/h2-4,6,16H,7H2,1H3,(H,15,17). The highest BCUT2D eigenvalue weighted by Crippen LogP contribution is 2.16. The molecule has 1 heterocycles. The van der Waals surface area contributed by atoms with Crippen LogP contribution >= 0.6 is 0 Å². The van der Waals surface area contributed by atoms with E-state index in [1.165, 1.54) is 12.1 Å². The Labute approximate surface area is 98.1 Å². The van der Waals surface area contributed by atoms with Crippen LogP contribution in [0.5, 0.6) is 0 Å². The predicted octanol–water partition coefficient (Wildman–Crippen LogP) is 2.34. The summed E-state index contributed by atoms with van der Waals surface area (Å²) >= 11 is 0. The van der Waals surface area contributed by atoms with Gasteiger partial charge in [0, 0.05) is 0 Å². The first-order valence-corrected chi connectivity index (χ1v) is 5.13. The van der Waals surface area contributed by atoms with Crippen LogP contribution in [0.3, 0.4) is 0 Å². The van der Waals surface area contributed by atoms with Gasteiger partial charge in [-0.1, -0.05) is 0 Å². The lowest BCUT2D eigenvalue weighted by molar-refractivity contribution is 0.627. The van der Waals surface area contributed by atoms with E-state index < -0.39 is 5.82 Å². The van der Waals surface area contributed by atoms with Gasteiger partial charge in [0.05, 0.1) is 29.7 Å². The number of anilines is 1. The van der Waals surface area contributed by atoms with Crippen LogP contribution in [-0.2, 0) is 6.54 Å². The van der Waals surface area contributed by atoms with Crippen LogP contribution in [0.1, 0.15) is 17.1 Å². The number of H-pyrrole nitrogens is 1. The molecular formula is C12H11FN4. The second-order valence-corrected chi connectivity index (χ2v) is 3.65. The maximum absolute atomic E-state index is 12.9. The molecule has 0 saturated carbocycles. The van der Waals surface area contributed by atoms with Crippen molar-refractivity contribution in [1.82, 2.24) is 9.97 Å². The molecule has 86 valence electrons. The Morgan fingerprint density at radius 2 is 2.35 bits per heavy atom. The van der Waals surface area contributed by atoms with E-state index in [9.17, 15) is 4.39 Å². The third kappa shape index (κ3) is 2.61. The van der Waals surface area contributed by atoms with Crippen LogP contribution in [0.2, 0.25) is 0 Å². The molecule has 0 fully saturated rings. The van der Waals surface area contributed by atoms with Gasteiger partial charge in [-0.15, -0.1) is 0 Å². The molecule has 2 rings (SSSR count). The van der Waals surface area contributed by atoms with E-state index in [0.29, 0.717) is 17.8 Å². The van der Waals surface area contributed by atoms with Gasteiger partial charge in [0.1, 0.15) is 17.7 Å². The molecule has 0 radical (unpaired) electrons. The largest absolute Gasteiger partial charge is 0.378 e. The molecule has 1 aromatic heterocycles. The number of aromatic nitrogens is 2. The fourth-order valence-corrected chi connectivity index (χ4v) is 1.52. The lowest BCUT2D eigenvalue weighted by Gasteiger charge is -2.06. The van der Waals surface area contributed by atoms with Crippen LogP contribution in [0.25, 0.3) is 0 Å². The summed E-state index contributed by atoms with van der Waals surface area (Å²) in [7, 11) is 0. The van der Waals surface area contributed by atoms with Crippen molar-refractivity contribution in [2.45, 2.75) is 13.5 Å². The third-order valence-electron chi connectivity index (χ3n) is 2.33. The van der Waals surface area contributed by atoms with E-state index in [1.807, 2.05) is 13.0 Å². The maximum Gasteiger partial charge on any atom is 0.124 e. The SMILES string of the molecule is Cc1ncc(CNc2ccc(F)cc2C#N)[nH]1. The molecule has 1 aromatic carbocycles. The Hall–Kier alpha value is -2.35. The van der Waals surface area contributed by atoms with Gasteiger partial charge in [0.15, 0.2) is 0 Å². The number of aryl methyl sites for hydroxylation is 1. The average molecular weight is 230 g/mol. The summed E-state index contributed by atoms with van der Waals surface area (Å²) in [5, 5.41) is 11.9. The maximum atomic E-state index is 12.9. The molecule has 17 heavy (non-hydrogen) atoms. The Balaban J connectivity index is 2.12. The smallest absolute Gasteiger partial charge is 0.124 e. The lowest BCUT2D eigenvalue weighted by atomic mass is 10.2. The van der Waals surface area contributed by atoms with Crippen molar-refractivity contribution in [2.75, 3.05) is 5.32 Å². The molecule has 0 atom stereocenters. The average Bonchev–Trinajstić information content (AvgIpc) is 2.73. The van der Waals surface area contributed by atoms with E-state index >= 15 is 0 Å². The van der Waals surface area contributed by atoms with Gasteiger partial charge in [-0.2, -0.15) is 5.26 Å². The minimum absolute atomic E-state index is 0.293. The Kier molecular flexibility index (Phi) is 3.06. The first-order valence-electron chi connectivity index (χ1n) is 5.13. The zero-order chi connectivity index (χ0) is 12.3. The number of rotatable bonds is 3. The molecule has 0 amide bonds. The van der Waals surface area contributed by atoms with Gasteiger partial charge in [-0.05, 0) is 25.1 Å². The monoisotopic (exact) mass is 230 g/mol. The number of benzene rings is 1. The number of halogens is 1. The summed E-state index contributed by atoms with van der Waals surface area (Å²) in [4.78, 5) is 7.13. The van der Waals surface area contributed by atoms with Crippen LogP contribution < -0.4 is 5.32 Å². The molecule has 0 unspecified atom stereocenters. The highest BCUT2D eigenvalue weighted by atomic mass is 19.1.